The van der Waals surface area contributed by atoms with E-state index in [4.69, 9.17) is 15.6 Å². The molecule has 1 unspecified atom stereocenters. The van der Waals surface area contributed by atoms with Crippen molar-refractivity contribution in [1.29, 1.82) is 0 Å². The number of nitrogen functional groups attached to an aromatic ring is 1. The second-order valence-electron chi connectivity index (χ2n) is 5.12. The summed E-state index contributed by atoms with van der Waals surface area (Å²) in [5.41, 5.74) is 5.40. The van der Waals surface area contributed by atoms with Crippen molar-refractivity contribution in [3.63, 3.8) is 0 Å². The molecule has 1 heterocycles. The number of aromatic carboxylic acids is 1. The minimum absolute atomic E-state index is 0.0992. The van der Waals surface area contributed by atoms with Crippen molar-refractivity contribution in [2.75, 3.05) is 12.3 Å². The Morgan fingerprint density at radius 2 is 1.91 bits per heavy atom. The van der Waals surface area contributed by atoms with E-state index in [0.717, 1.165) is 0 Å². The summed E-state index contributed by atoms with van der Waals surface area (Å²) in [6, 6.07) is 3.71. The molecule has 0 spiro atoms. The number of carboxylic acids is 1. The Morgan fingerprint density at radius 1 is 1.27 bits per heavy atom. The number of rotatable bonds is 3. The zero-order valence-electron chi connectivity index (χ0n) is 11.3. The highest BCUT2D eigenvalue weighted by atomic mass is 16.7. The number of hydrogen-bond donors (Lipinski definition) is 7. The van der Waals surface area contributed by atoms with Crippen LogP contribution in [0.15, 0.2) is 18.2 Å². The van der Waals surface area contributed by atoms with Crippen molar-refractivity contribution in [1.82, 2.24) is 0 Å². The molecule has 0 amide bonds. The van der Waals surface area contributed by atoms with Crippen LogP contribution in [-0.4, -0.2) is 67.3 Å². The van der Waals surface area contributed by atoms with Crippen LogP contribution in [-0.2, 0) is 4.74 Å². The normalized spacial score (nSPS) is 35.3. The van der Waals surface area contributed by atoms with Crippen LogP contribution in [0.2, 0.25) is 0 Å². The highest BCUT2D eigenvalue weighted by Gasteiger charge is 2.53. The molecular formula is C13H17NO8. The van der Waals surface area contributed by atoms with Gasteiger partial charge in [-0.3, -0.25) is 0 Å². The molecular weight excluding hydrogens is 298 g/mol. The zero-order chi connectivity index (χ0) is 16.7. The summed E-state index contributed by atoms with van der Waals surface area (Å²) < 4.78 is 5.08. The van der Waals surface area contributed by atoms with E-state index < -0.39 is 42.8 Å². The van der Waals surface area contributed by atoms with Crippen LogP contribution in [0.3, 0.4) is 0 Å². The van der Waals surface area contributed by atoms with Gasteiger partial charge in [0.05, 0.1) is 12.2 Å². The van der Waals surface area contributed by atoms with Crippen LogP contribution in [0, 0.1) is 0 Å². The van der Waals surface area contributed by atoms with E-state index in [1.807, 2.05) is 0 Å². The van der Waals surface area contributed by atoms with Crippen molar-refractivity contribution in [2.24, 2.45) is 0 Å². The molecule has 8 N–H and O–H groups in total. The summed E-state index contributed by atoms with van der Waals surface area (Å²) in [6.45, 7) is -1.07. The fraction of sp³-hybridized carbons (Fsp3) is 0.462. The van der Waals surface area contributed by atoms with Crippen LogP contribution in [0.25, 0.3) is 0 Å². The van der Waals surface area contributed by atoms with Crippen LogP contribution in [0.5, 0.6) is 0 Å². The lowest BCUT2D eigenvalue weighted by Crippen LogP contribution is -2.63. The molecule has 1 saturated heterocycles. The number of carboxylic acid groups (broad SMARTS) is 1. The summed E-state index contributed by atoms with van der Waals surface area (Å²) >= 11 is 0. The largest absolute Gasteiger partial charge is 0.478 e. The number of benzene rings is 1. The van der Waals surface area contributed by atoms with E-state index in [2.05, 4.69) is 0 Å². The lowest BCUT2D eigenvalue weighted by Gasteiger charge is -2.45. The van der Waals surface area contributed by atoms with E-state index in [1.54, 1.807) is 0 Å². The quantitative estimate of drug-likeness (QED) is 0.305. The smallest absolute Gasteiger partial charge is 0.336 e. The summed E-state index contributed by atoms with van der Waals surface area (Å²) in [5, 5.41) is 57.8. The number of aliphatic hydroxyl groups is 5. The Hall–Kier alpha value is -1.75. The minimum Gasteiger partial charge on any atom is -0.478 e. The Labute approximate surface area is 124 Å². The van der Waals surface area contributed by atoms with Crippen molar-refractivity contribution >= 4 is 11.7 Å². The van der Waals surface area contributed by atoms with E-state index >= 15 is 0 Å². The molecule has 122 valence electrons. The maximum Gasteiger partial charge on any atom is 0.336 e. The van der Waals surface area contributed by atoms with Gasteiger partial charge in [0.25, 0.3) is 0 Å². The Kier molecular flexibility index (Phi) is 4.38. The van der Waals surface area contributed by atoms with Gasteiger partial charge in [0.15, 0.2) is 0 Å². The molecule has 22 heavy (non-hydrogen) atoms. The minimum atomic E-state index is -2.55. The number of hydrogen-bond acceptors (Lipinski definition) is 8. The molecule has 0 saturated carbocycles. The van der Waals surface area contributed by atoms with Gasteiger partial charge < -0.3 is 41.1 Å². The van der Waals surface area contributed by atoms with Crippen molar-refractivity contribution in [2.45, 2.75) is 30.2 Å². The van der Waals surface area contributed by atoms with Crippen molar-refractivity contribution in [3.05, 3.63) is 29.3 Å². The summed E-state index contributed by atoms with van der Waals surface area (Å²) in [4.78, 5) is 11.3. The third kappa shape index (κ3) is 2.65. The van der Waals surface area contributed by atoms with Crippen LogP contribution in [0.4, 0.5) is 5.69 Å². The second kappa shape index (κ2) is 5.80. The lowest BCUT2D eigenvalue weighted by molar-refractivity contribution is -0.357. The maximum absolute atomic E-state index is 11.3. The number of aliphatic hydroxyl groups excluding tert-OH is 4. The molecule has 0 radical (unpaired) electrons. The zero-order valence-corrected chi connectivity index (χ0v) is 11.3. The predicted octanol–water partition coefficient (Wildman–Crippen LogP) is -2.20. The van der Waals surface area contributed by atoms with Crippen molar-refractivity contribution < 1.29 is 40.2 Å². The van der Waals surface area contributed by atoms with Gasteiger partial charge in [-0.1, -0.05) is 0 Å². The highest BCUT2D eigenvalue weighted by molar-refractivity contribution is 5.90. The third-order valence-corrected chi connectivity index (χ3v) is 3.62. The van der Waals surface area contributed by atoms with Gasteiger partial charge in [-0.2, -0.15) is 0 Å². The standard InChI is InChI=1S/C13H17NO8/c14-5-1-2-6(12(19)20)7(3-5)10-8(16)9(17)11(18)13(21,4-15)22-10/h1-3,8-11,15-18,21H,4,14H2,(H,19,20)/t8-,9+,10?,11-,13-/m0/s1. The average Bonchev–Trinajstić information content (AvgIpc) is 2.48. The van der Waals surface area contributed by atoms with E-state index in [0.29, 0.717) is 0 Å². The summed E-state index contributed by atoms with van der Waals surface area (Å²) in [7, 11) is 0. The van der Waals surface area contributed by atoms with Gasteiger partial charge in [-0.05, 0) is 18.2 Å². The first-order valence-corrected chi connectivity index (χ1v) is 6.39. The summed E-state index contributed by atoms with van der Waals surface area (Å²) in [6.07, 6.45) is -7.08. The molecule has 5 atom stereocenters. The van der Waals surface area contributed by atoms with E-state index in [9.17, 15) is 30.3 Å². The molecule has 0 aliphatic carbocycles. The van der Waals surface area contributed by atoms with Gasteiger partial charge in [0.2, 0.25) is 5.79 Å². The van der Waals surface area contributed by atoms with Crippen LogP contribution in [0.1, 0.15) is 22.0 Å². The van der Waals surface area contributed by atoms with Crippen LogP contribution < -0.4 is 5.73 Å². The SMILES string of the molecule is Nc1ccc(C(=O)O)c(C2O[C@@](O)(CO)[C@@H](O)[C@H](O)[C@@H]2O)c1. The van der Waals surface area contributed by atoms with Crippen molar-refractivity contribution in [3.8, 4) is 0 Å². The molecule has 1 aliphatic heterocycles. The first-order chi connectivity index (χ1) is 10.2. The third-order valence-electron chi connectivity index (χ3n) is 3.62. The van der Waals surface area contributed by atoms with Crippen LogP contribution >= 0.6 is 0 Å². The Balaban J connectivity index is 2.51. The highest BCUT2D eigenvalue weighted by Crippen LogP contribution is 2.38. The van der Waals surface area contributed by atoms with E-state index in [1.165, 1.54) is 18.2 Å². The van der Waals surface area contributed by atoms with Gasteiger partial charge in [-0.15, -0.1) is 0 Å². The monoisotopic (exact) mass is 315 g/mol. The Morgan fingerprint density at radius 3 is 2.45 bits per heavy atom. The first-order valence-electron chi connectivity index (χ1n) is 6.39. The lowest BCUT2D eigenvalue weighted by atomic mass is 9.87. The maximum atomic E-state index is 11.3. The van der Waals surface area contributed by atoms with Gasteiger partial charge in [0.1, 0.15) is 24.4 Å². The molecule has 1 aromatic carbocycles. The van der Waals surface area contributed by atoms with Gasteiger partial charge in [-0.25, -0.2) is 4.79 Å². The second-order valence-corrected chi connectivity index (χ2v) is 5.12. The summed E-state index contributed by atoms with van der Waals surface area (Å²) in [5.74, 6) is -3.89. The predicted molar refractivity (Wildman–Crippen MR) is 71.7 cm³/mol. The molecule has 1 fully saturated rings. The number of ether oxygens (including phenoxy) is 1. The number of carbonyl (C=O) groups is 1. The Bertz CT molecular complexity index is 579. The molecule has 1 aromatic rings. The number of nitrogens with two attached hydrogens (primary N) is 1. The molecule has 9 heteroatoms. The van der Waals surface area contributed by atoms with Gasteiger partial charge in [0, 0.05) is 11.3 Å². The first kappa shape index (κ1) is 16.6. The topological polar surface area (TPSA) is 174 Å². The molecule has 2 rings (SSSR count). The fourth-order valence-electron chi connectivity index (χ4n) is 2.38. The molecule has 0 aromatic heterocycles. The average molecular weight is 315 g/mol. The van der Waals surface area contributed by atoms with E-state index in [-0.39, 0.29) is 16.8 Å². The molecule has 9 nitrogen and oxygen atoms in total. The van der Waals surface area contributed by atoms with Gasteiger partial charge >= 0.3 is 5.97 Å². The molecule has 0 bridgehead atoms. The molecule has 1 aliphatic rings. The fourth-order valence-corrected chi connectivity index (χ4v) is 2.38. The number of anilines is 1.